The molecule has 0 spiro atoms. The standard InChI is InChI=1S/C19H14ClF3N4O.C19H14F4N4O/c2*20-14-4-2-1-3-13(14)18(28)25-12-7-8-17(24-10-12)27-15(11-5-6-11)9-16(26-27)19(21,22)23/h2*1-4,7-11H,5-6H2,(H,25,28). The van der Waals surface area contributed by atoms with Gasteiger partial charge in [-0.2, -0.15) is 36.5 Å². The van der Waals surface area contributed by atoms with Crippen molar-refractivity contribution in [2.24, 2.45) is 0 Å². The quantitative estimate of drug-likeness (QED) is 0.148. The second-order valence-corrected chi connectivity index (χ2v) is 13.4. The Morgan fingerprint density at radius 1 is 0.625 bits per heavy atom. The topological polar surface area (TPSA) is 120 Å². The van der Waals surface area contributed by atoms with E-state index in [9.17, 15) is 40.3 Å². The van der Waals surface area contributed by atoms with Gasteiger partial charge in [-0.1, -0.05) is 35.9 Å². The lowest BCUT2D eigenvalue weighted by atomic mass is 10.2. The highest BCUT2D eigenvalue weighted by Gasteiger charge is 2.39. The third kappa shape index (κ3) is 8.72. The molecule has 2 aliphatic rings. The summed E-state index contributed by atoms with van der Waals surface area (Å²) in [6, 6.07) is 20.3. The fraction of sp³-hybridized carbons (Fsp3) is 0.211. The molecule has 2 amide bonds. The third-order valence-corrected chi connectivity index (χ3v) is 9.06. The molecule has 0 bridgehead atoms. The molecule has 0 aliphatic heterocycles. The van der Waals surface area contributed by atoms with Crippen LogP contribution in [0.25, 0.3) is 11.6 Å². The zero-order chi connectivity index (χ0) is 39.8. The molecule has 8 rings (SSSR count). The van der Waals surface area contributed by atoms with Crippen LogP contribution < -0.4 is 10.6 Å². The Labute approximate surface area is 318 Å². The highest BCUT2D eigenvalue weighted by molar-refractivity contribution is 6.34. The summed E-state index contributed by atoms with van der Waals surface area (Å²) in [4.78, 5) is 32.7. The van der Waals surface area contributed by atoms with Crippen molar-refractivity contribution in [3.63, 3.8) is 0 Å². The first-order valence-electron chi connectivity index (χ1n) is 17.0. The first-order chi connectivity index (χ1) is 26.7. The largest absolute Gasteiger partial charge is 0.435 e. The molecule has 18 heteroatoms. The molecule has 4 heterocycles. The summed E-state index contributed by atoms with van der Waals surface area (Å²) >= 11 is 6.00. The minimum absolute atomic E-state index is 0.0332. The van der Waals surface area contributed by atoms with E-state index >= 15 is 0 Å². The Morgan fingerprint density at radius 3 is 1.45 bits per heavy atom. The molecule has 10 nitrogen and oxygen atoms in total. The summed E-state index contributed by atoms with van der Waals surface area (Å²) in [6.07, 6.45) is -3.13. The molecule has 0 unspecified atom stereocenters. The maximum atomic E-state index is 13.7. The number of nitrogens with one attached hydrogen (secondary N) is 2. The average molecular weight is 797 g/mol. The van der Waals surface area contributed by atoms with Crippen LogP contribution >= 0.6 is 11.6 Å². The average Bonchev–Trinajstić information content (AvgIpc) is 4.10. The number of carbonyl (C=O) groups excluding carboxylic acids is 2. The van der Waals surface area contributed by atoms with E-state index in [0.29, 0.717) is 27.7 Å². The number of nitrogens with zero attached hydrogens (tertiary/aromatic N) is 6. The van der Waals surface area contributed by atoms with Crippen molar-refractivity contribution < 1.29 is 40.3 Å². The van der Waals surface area contributed by atoms with E-state index in [-0.39, 0.29) is 34.7 Å². The van der Waals surface area contributed by atoms with E-state index < -0.39 is 41.4 Å². The van der Waals surface area contributed by atoms with E-state index in [1.165, 1.54) is 64.2 Å². The minimum atomic E-state index is -4.54. The number of carbonyl (C=O) groups is 2. The molecule has 288 valence electrons. The van der Waals surface area contributed by atoms with E-state index in [1.807, 2.05) is 0 Å². The van der Waals surface area contributed by atoms with Crippen LogP contribution in [-0.2, 0) is 12.4 Å². The Morgan fingerprint density at radius 2 is 1.05 bits per heavy atom. The molecule has 2 aliphatic carbocycles. The number of pyridine rings is 2. The van der Waals surface area contributed by atoms with E-state index in [1.54, 1.807) is 30.3 Å². The van der Waals surface area contributed by atoms with Gasteiger partial charge in [-0.3, -0.25) is 9.59 Å². The number of anilines is 2. The van der Waals surface area contributed by atoms with Crippen molar-refractivity contribution >= 4 is 34.8 Å². The molecule has 0 radical (unpaired) electrons. The molecule has 0 atom stereocenters. The van der Waals surface area contributed by atoms with Crippen LogP contribution in [0.15, 0.2) is 97.3 Å². The fourth-order valence-corrected chi connectivity index (χ4v) is 5.85. The highest BCUT2D eigenvalue weighted by atomic mass is 35.5. The van der Waals surface area contributed by atoms with Crippen LogP contribution in [0, 0.1) is 5.82 Å². The summed E-state index contributed by atoms with van der Waals surface area (Å²) < 4.78 is 94.2. The monoisotopic (exact) mass is 796 g/mol. The van der Waals surface area contributed by atoms with Crippen molar-refractivity contribution in [2.75, 3.05) is 10.6 Å². The number of hydrogen-bond acceptors (Lipinski definition) is 6. The minimum Gasteiger partial charge on any atom is -0.321 e. The van der Waals surface area contributed by atoms with Crippen LogP contribution in [0.5, 0.6) is 0 Å². The Bertz CT molecular complexity index is 2220. The van der Waals surface area contributed by atoms with E-state index in [4.69, 9.17) is 11.6 Å². The predicted octanol–water partition coefficient (Wildman–Crippen LogP) is 9.62. The van der Waals surface area contributed by atoms with Crippen LogP contribution in [0.3, 0.4) is 0 Å². The van der Waals surface area contributed by atoms with Gasteiger partial charge in [0.15, 0.2) is 23.0 Å². The highest BCUT2D eigenvalue weighted by Crippen LogP contribution is 2.44. The molecule has 2 fully saturated rings. The van der Waals surface area contributed by atoms with Gasteiger partial charge in [0.05, 0.1) is 39.9 Å². The van der Waals surface area contributed by atoms with Crippen molar-refractivity contribution in [1.82, 2.24) is 29.5 Å². The molecule has 4 aromatic heterocycles. The van der Waals surface area contributed by atoms with Gasteiger partial charge in [0.1, 0.15) is 5.82 Å². The number of amides is 2. The molecule has 56 heavy (non-hydrogen) atoms. The number of rotatable bonds is 8. The Hall–Kier alpha value is -6.10. The van der Waals surface area contributed by atoms with Gasteiger partial charge in [-0.15, -0.1) is 0 Å². The maximum Gasteiger partial charge on any atom is 0.435 e. The summed E-state index contributed by atoms with van der Waals surface area (Å²) in [7, 11) is 0. The number of aromatic nitrogens is 6. The van der Waals surface area contributed by atoms with Gasteiger partial charge < -0.3 is 10.6 Å². The summed E-state index contributed by atoms with van der Waals surface area (Å²) in [5.74, 6) is -1.15. The Kier molecular flexibility index (Phi) is 10.4. The van der Waals surface area contributed by atoms with Crippen molar-refractivity contribution in [3.05, 3.63) is 142 Å². The van der Waals surface area contributed by atoms with Gasteiger partial charge in [-0.05, 0) is 86.3 Å². The zero-order valence-corrected chi connectivity index (χ0v) is 29.5. The van der Waals surface area contributed by atoms with Gasteiger partial charge in [0, 0.05) is 23.2 Å². The number of benzene rings is 2. The summed E-state index contributed by atoms with van der Waals surface area (Å²) in [5.41, 5.74) is -0.0789. The number of hydrogen-bond donors (Lipinski definition) is 2. The third-order valence-electron chi connectivity index (χ3n) is 8.73. The SMILES string of the molecule is O=C(Nc1ccc(-n2nc(C(F)(F)F)cc2C2CC2)nc1)c1ccccc1Cl.O=C(Nc1ccc(-n2nc(C(F)(F)F)cc2C2CC2)nc1)c1ccccc1F. The van der Waals surface area contributed by atoms with Gasteiger partial charge in [0.25, 0.3) is 11.8 Å². The lowest BCUT2D eigenvalue weighted by Crippen LogP contribution is -2.14. The second kappa shape index (κ2) is 15.2. The van der Waals surface area contributed by atoms with Gasteiger partial charge >= 0.3 is 12.4 Å². The summed E-state index contributed by atoms with van der Waals surface area (Å²) in [6.45, 7) is 0. The molecule has 2 N–H and O–H groups in total. The van der Waals surface area contributed by atoms with Gasteiger partial charge in [0.2, 0.25) is 0 Å². The van der Waals surface area contributed by atoms with E-state index in [2.05, 4.69) is 30.8 Å². The van der Waals surface area contributed by atoms with E-state index in [0.717, 1.165) is 37.8 Å². The molecule has 0 saturated heterocycles. The van der Waals surface area contributed by atoms with Crippen molar-refractivity contribution in [3.8, 4) is 11.6 Å². The number of alkyl halides is 6. The maximum absolute atomic E-state index is 13.7. The molecule has 2 aromatic carbocycles. The normalized spacial score (nSPS) is 14.1. The van der Waals surface area contributed by atoms with Crippen molar-refractivity contribution in [1.29, 1.82) is 0 Å². The lowest BCUT2D eigenvalue weighted by molar-refractivity contribution is -0.142. The zero-order valence-electron chi connectivity index (χ0n) is 28.7. The van der Waals surface area contributed by atoms with Crippen LogP contribution in [-0.4, -0.2) is 41.3 Å². The second-order valence-electron chi connectivity index (χ2n) is 13.0. The molecule has 2 saturated carbocycles. The summed E-state index contributed by atoms with van der Waals surface area (Å²) in [5, 5.41) is 12.8. The van der Waals surface area contributed by atoms with Crippen LogP contribution in [0.2, 0.25) is 5.02 Å². The smallest absolute Gasteiger partial charge is 0.321 e. The predicted molar refractivity (Wildman–Crippen MR) is 190 cm³/mol. The first kappa shape index (κ1) is 38.2. The lowest BCUT2D eigenvalue weighted by Gasteiger charge is -2.09. The molecule has 6 aromatic rings. The molecular weight excluding hydrogens is 769 g/mol. The van der Waals surface area contributed by atoms with Crippen molar-refractivity contribution in [2.45, 2.75) is 49.9 Å². The van der Waals surface area contributed by atoms with Crippen LogP contribution in [0.4, 0.5) is 42.1 Å². The number of halogens is 8. The van der Waals surface area contributed by atoms with Crippen LogP contribution in [0.1, 0.15) is 81.0 Å². The first-order valence-corrected chi connectivity index (χ1v) is 17.4. The molecular formula is C38H28ClF7N8O2. The fourth-order valence-electron chi connectivity index (χ4n) is 5.63. The van der Waals surface area contributed by atoms with Gasteiger partial charge in [-0.25, -0.2) is 23.7 Å². The Balaban J connectivity index is 0.000000172.